The average molecular weight is 483 g/mol. The van der Waals surface area contributed by atoms with Gasteiger partial charge in [0.2, 0.25) is 5.91 Å². The summed E-state index contributed by atoms with van der Waals surface area (Å²) < 4.78 is 34.3. The maximum atomic E-state index is 13.2. The fourth-order valence-corrected chi connectivity index (χ4v) is 6.92. The van der Waals surface area contributed by atoms with E-state index < -0.39 is 10.0 Å². The van der Waals surface area contributed by atoms with Crippen molar-refractivity contribution in [2.24, 2.45) is 0 Å². The highest BCUT2D eigenvalue weighted by Gasteiger charge is 2.34. The number of benzene rings is 3. The van der Waals surface area contributed by atoms with E-state index in [1.165, 1.54) is 11.8 Å². The largest absolute Gasteiger partial charge is 0.497 e. The molecule has 6 nitrogen and oxygen atoms in total. The van der Waals surface area contributed by atoms with Crippen LogP contribution in [0.25, 0.3) is 0 Å². The van der Waals surface area contributed by atoms with Crippen molar-refractivity contribution in [3.8, 4) is 5.75 Å². The molecule has 4 rings (SSSR count). The van der Waals surface area contributed by atoms with Crippen LogP contribution in [0.4, 0.5) is 11.4 Å². The number of ether oxygens (including phenoxy) is 1. The molecule has 1 aliphatic rings. The predicted octanol–water partition coefficient (Wildman–Crippen LogP) is 5.20. The molecule has 3 aromatic carbocycles. The molecule has 0 spiro atoms. The second kappa shape index (κ2) is 9.11. The van der Waals surface area contributed by atoms with Gasteiger partial charge < -0.3 is 4.74 Å². The number of hydrogen-bond donors (Lipinski definition) is 1. The van der Waals surface area contributed by atoms with E-state index in [0.29, 0.717) is 33.2 Å². The number of hydrogen-bond acceptors (Lipinski definition) is 5. The van der Waals surface area contributed by atoms with Gasteiger partial charge in [-0.1, -0.05) is 29.8 Å². The van der Waals surface area contributed by atoms with Gasteiger partial charge in [0.1, 0.15) is 11.1 Å². The number of methoxy groups -OCH3 is 1. The van der Waals surface area contributed by atoms with Gasteiger partial charge in [0, 0.05) is 11.4 Å². The van der Waals surface area contributed by atoms with Gasteiger partial charge in [-0.05, 0) is 73.9 Å². The summed E-state index contributed by atoms with van der Waals surface area (Å²) >= 11 is 1.51. The molecule has 1 heterocycles. The molecule has 3 aromatic rings. The lowest BCUT2D eigenvalue weighted by molar-refractivity contribution is -0.115. The van der Waals surface area contributed by atoms with Crippen LogP contribution in [0.15, 0.2) is 65.6 Å². The average Bonchev–Trinajstić information content (AvgIpc) is 3.14. The first-order valence-electron chi connectivity index (χ1n) is 10.5. The number of sulfonamides is 1. The molecule has 0 unspecified atom stereocenters. The Morgan fingerprint density at radius 1 is 1.00 bits per heavy atom. The molecule has 1 N–H and O–H groups in total. The van der Waals surface area contributed by atoms with Gasteiger partial charge in [0.05, 0.1) is 17.8 Å². The first-order valence-corrected chi connectivity index (χ1v) is 13.0. The van der Waals surface area contributed by atoms with Crippen LogP contribution in [0.2, 0.25) is 0 Å². The molecule has 33 heavy (non-hydrogen) atoms. The summed E-state index contributed by atoms with van der Waals surface area (Å²) in [5, 5.41) is -0.252. The van der Waals surface area contributed by atoms with Gasteiger partial charge in [-0.2, -0.15) is 0 Å². The molecule has 0 aromatic heterocycles. The van der Waals surface area contributed by atoms with E-state index in [4.69, 9.17) is 4.74 Å². The van der Waals surface area contributed by atoms with Crippen molar-refractivity contribution >= 4 is 39.1 Å². The quantitative estimate of drug-likeness (QED) is 0.523. The lowest BCUT2D eigenvalue weighted by Gasteiger charge is -2.25. The minimum atomic E-state index is -3.77. The van der Waals surface area contributed by atoms with Crippen LogP contribution < -0.4 is 14.4 Å². The zero-order chi connectivity index (χ0) is 23.8. The van der Waals surface area contributed by atoms with Crippen LogP contribution in [-0.4, -0.2) is 27.2 Å². The number of rotatable bonds is 6. The Hall–Kier alpha value is -2.97. The summed E-state index contributed by atoms with van der Waals surface area (Å²) in [4.78, 5) is 14.7. The highest BCUT2D eigenvalue weighted by Crippen LogP contribution is 2.42. The van der Waals surface area contributed by atoms with Crippen molar-refractivity contribution in [3.63, 3.8) is 0 Å². The molecule has 1 fully saturated rings. The van der Waals surface area contributed by atoms with E-state index in [-0.39, 0.29) is 11.3 Å². The van der Waals surface area contributed by atoms with Crippen molar-refractivity contribution in [3.05, 3.63) is 82.9 Å². The summed E-state index contributed by atoms with van der Waals surface area (Å²) in [7, 11) is -2.17. The first kappa shape index (κ1) is 23.2. The lowest BCUT2D eigenvalue weighted by Crippen LogP contribution is -2.27. The van der Waals surface area contributed by atoms with E-state index in [1.54, 1.807) is 44.1 Å². The van der Waals surface area contributed by atoms with Gasteiger partial charge in [-0.25, -0.2) is 8.42 Å². The molecule has 172 valence electrons. The molecule has 0 radical (unpaired) electrons. The zero-order valence-corrected chi connectivity index (χ0v) is 20.6. The Morgan fingerprint density at radius 3 is 2.30 bits per heavy atom. The van der Waals surface area contributed by atoms with Crippen LogP contribution in [0.3, 0.4) is 0 Å². The van der Waals surface area contributed by atoms with Crippen molar-refractivity contribution in [1.82, 2.24) is 0 Å². The monoisotopic (exact) mass is 482 g/mol. The van der Waals surface area contributed by atoms with Gasteiger partial charge in [0.25, 0.3) is 10.0 Å². The third-order valence-corrected chi connectivity index (χ3v) is 8.41. The Kier molecular flexibility index (Phi) is 6.41. The van der Waals surface area contributed by atoms with E-state index in [2.05, 4.69) is 4.72 Å². The van der Waals surface area contributed by atoms with E-state index in [9.17, 15) is 13.2 Å². The van der Waals surface area contributed by atoms with Crippen molar-refractivity contribution in [1.29, 1.82) is 0 Å². The number of amides is 1. The van der Waals surface area contributed by atoms with E-state index in [1.807, 2.05) is 49.4 Å². The topological polar surface area (TPSA) is 75.7 Å². The highest BCUT2D eigenvalue weighted by atomic mass is 32.2. The molecule has 1 aliphatic heterocycles. The van der Waals surface area contributed by atoms with E-state index in [0.717, 1.165) is 16.8 Å². The smallest absolute Gasteiger partial charge is 0.262 e. The lowest BCUT2D eigenvalue weighted by atomic mass is 10.1. The SMILES string of the molecule is COc1ccc(N2C(=O)CS[C@H]2c2cccc(NS(=O)(=O)c3c(C)cc(C)cc3C)c2)cc1. The van der Waals surface area contributed by atoms with Gasteiger partial charge in [-0.15, -0.1) is 11.8 Å². The number of carbonyl (C=O) groups is 1. The normalized spacial score (nSPS) is 16.2. The highest BCUT2D eigenvalue weighted by molar-refractivity contribution is 8.00. The third kappa shape index (κ3) is 4.72. The fraction of sp³-hybridized carbons (Fsp3) is 0.240. The molecular weight excluding hydrogens is 456 g/mol. The zero-order valence-electron chi connectivity index (χ0n) is 19.0. The number of thioether (sulfide) groups is 1. The van der Waals surface area contributed by atoms with Crippen molar-refractivity contribution in [2.75, 3.05) is 22.5 Å². The summed E-state index contributed by atoms with van der Waals surface area (Å²) in [6.45, 7) is 5.55. The number of carbonyl (C=O) groups excluding carboxylic acids is 1. The van der Waals surface area contributed by atoms with Crippen LogP contribution >= 0.6 is 11.8 Å². The molecule has 1 atom stereocenters. The Bertz CT molecular complexity index is 1280. The fourth-order valence-electron chi connectivity index (χ4n) is 4.25. The molecule has 0 saturated carbocycles. The van der Waals surface area contributed by atoms with Crippen molar-refractivity contribution in [2.45, 2.75) is 31.0 Å². The third-order valence-electron chi connectivity index (χ3n) is 5.52. The molecule has 8 heteroatoms. The molecule has 0 bridgehead atoms. The number of anilines is 2. The second-order valence-corrected chi connectivity index (χ2v) is 10.8. The summed E-state index contributed by atoms with van der Waals surface area (Å²) in [6, 6.07) is 18.3. The Balaban J connectivity index is 1.64. The first-order chi connectivity index (χ1) is 15.7. The van der Waals surface area contributed by atoms with Gasteiger partial charge in [-0.3, -0.25) is 14.4 Å². The predicted molar refractivity (Wildman–Crippen MR) is 134 cm³/mol. The summed E-state index contributed by atoms with van der Waals surface area (Å²) in [5.74, 6) is 1.08. The van der Waals surface area contributed by atoms with Crippen LogP contribution in [-0.2, 0) is 14.8 Å². The molecule has 1 saturated heterocycles. The van der Waals surface area contributed by atoms with E-state index >= 15 is 0 Å². The maximum Gasteiger partial charge on any atom is 0.262 e. The minimum absolute atomic E-state index is 0.00653. The van der Waals surface area contributed by atoms with Crippen molar-refractivity contribution < 1.29 is 17.9 Å². The second-order valence-electron chi connectivity index (χ2n) is 8.08. The molecule has 0 aliphatic carbocycles. The summed E-state index contributed by atoms with van der Waals surface area (Å²) in [5.41, 5.74) is 4.51. The number of nitrogens with one attached hydrogen (secondary N) is 1. The number of aryl methyl sites for hydroxylation is 3. The van der Waals surface area contributed by atoms with Gasteiger partial charge >= 0.3 is 0 Å². The maximum absolute atomic E-state index is 13.2. The minimum Gasteiger partial charge on any atom is -0.497 e. The van der Waals surface area contributed by atoms with Crippen LogP contribution in [0.1, 0.15) is 27.6 Å². The van der Waals surface area contributed by atoms with Crippen LogP contribution in [0.5, 0.6) is 5.75 Å². The standard InChI is InChI=1S/C25H26N2O4S2/c1-16-12-17(2)24(18(3)13-16)33(29,30)26-20-7-5-6-19(14-20)25-27(23(28)15-32-25)21-8-10-22(31-4)11-9-21/h5-14,25-26H,15H2,1-4H3/t25-/m0/s1. The Morgan fingerprint density at radius 2 is 1.67 bits per heavy atom. The van der Waals surface area contributed by atoms with Crippen LogP contribution in [0, 0.1) is 20.8 Å². The molecular formula is C25H26N2O4S2. The summed E-state index contributed by atoms with van der Waals surface area (Å²) in [6.07, 6.45) is 0. The van der Waals surface area contributed by atoms with Gasteiger partial charge in [0.15, 0.2) is 0 Å². The number of nitrogens with zero attached hydrogens (tertiary/aromatic N) is 1. The Labute approximate surface area is 199 Å². The molecule has 1 amide bonds.